The lowest BCUT2D eigenvalue weighted by molar-refractivity contribution is -0.312. The Hall–Kier alpha value is -2.70. The summed E-state index contributed by atoms with van der Waals surface area (Å²) in [6.07, 6.45) is -8.60. The van der Waals surface area contributed by atoms with Gasteiger partial charge in [-0.1, -0.05) is 25.1 Å². The minimum Gasteiger partial charge on any atom is -0.394 e. The van der Waals surface area contributed by atoms with Crippen LogP contribution >= 0.6 is 0 Å². The van der Waals surface area contributed by atoms with Crippen molar-refractivity contribution in [3.8, 4) is 11.4 Å². The second-order valence-electron chi connectivity index (χ2n) is 9.01. The van der Waals surface area contributed by atoms with E-state index in [1.165, 1.54) is 4.57 Å². The first-order valence-electron chi connectivity index (χ1n) is 11.6. The number of ether oxygens (including phenoxy) is 2. The van der Waals surface area contributed by atoms with Gasteiger partial charge in [-0.3, -0.25) is 9.36 Å². The molecule has 0 saturated carbocycles. The largest absolute Gasteiger partial charge is 0.394 e. The molecule has 2 aliphatic rings. The van der Waals surface area contributed by atoms with Crippen LogP contribution in [0.25, 0.3) is 22.3 Å². The lowest BCUT2D eigenvalue weighted by Gasteiger charge is -2.41. The highest BCUT2D eigenvalue weighted by molar-refractivity contribution is 5.84. The number of nitrogens with zero attached hydrogens (tertiary/aromatic N) is 2. The summed E-state index contributed by atoms with van der Waals surface area (Å²) in [6.45, 7) is 2.88. The van der Waals surface area contributed by atoms with Crippen molar-refractivity contribution in [1.29, 1.82) is 0 Å². The summed E-state index contributed by atoms with van der Waals surface area (Å²) in [5, 5.41) is 51.8. The van der Waals surface area contributed by atoms with Gasteiger partial charge < -0.3 is 35.0 Å². The number of benzene rings is 1. The molecule has 1 aromatic carbocycles. The van der Waals surface area contributed by atoms with Crippen LogP contribution in [0.5, 0.6) is 0 Å². The van der Waals surface area contributed by atoms with Crippen LogP contribution in [0.2, 0.25) is 0 Å². The molecule has 2 aromatic heterocycles. The van der Waals surface area contributed by atoms with Crippen LogP contribution in [0.15, 0.2) is 41.2 Å². The lowest BCUT2D eigenvalue weighted by Crippen LogP contribution is -2.59. The number of fused-ring (bicyclic) bond motifs is 4. The molecule has 0 amide bonds. The van der Waals surface area contributed by atoms with E-state index in [2.05, 4.69) is 0 Å². The molecule has 7 unspecified atom stereocenters. The summed E-state index contributed by atoms with van der Waals surface area (Å²) in [5.74, 6) is 0. The molecular formula is C25H28N2O8. The summed E-state index contributed by atoms with van der Waals surface area (Å²) in [7, 11) is 0. The lowest BCUT2D eigenvalue weighted by atomic mass is 9.98. The van der Waals surface area contributed by atoms with Crippen LogP contribution in [0, 0.1) is 6.92 Å². The van der Waals surface area contributed by atoms with Crippen molar-refractivity contribution in [3.05, 3.63) is 63.4 Å². The molecule has 0 bridgehead atoms. The van der Waals surface area contributed by atoms with Crippen LogP contribution in [0.1, 0.15) is 42.4 Å². The van der Waals surface area contributed by atoms with Gasteiger partial charge in [-0.15, -0.1) is 0 Å². The maximum Gasteiger partial charge on any atom is 0.256 e. The van der Waals surface area contributed by atoms with E-state index in [1.54, 1.807) is 13.0 Å². The van der Waals surface area contributed by atoms with Crippen LogP contribution in [0.4, 0.5) is 0 Å². The van der Waals surface area contributed by atoms with Gasteiger partial charge in [0, 0.05) is 16.5 Å². The van der Waals surface area contributed by atoms with E-state index in [0.29, 0.717) is 34.5 Å². The van der Waals surface area contributed by atoms with E-state index in [-0.39, 0.29) is 0 Å². The molecule has 5 N–H and O–H groups in total. The van der Waals surface area contributed by atoms with Gasteiger partial charge in [-0.25, -0.2) is 4.98 Å². The highest BCUT2D eigenvalue weighted by atomic mass is 16.7. The van der Waals surface area contributed by atoms with Crippen molar-refractivity contribution in [3.63, 3.8) is 0 Å². The second-order valence-corrected chi connectivity index (χ2v) is 9.01. The average Bonchev–Trinajstić information content (AvgIpc) is 3.14. The number of hydrogen-bond acceptors (Lipinski definition) is 9. The Bertz CT molecular complexity index is 1320. The molecule has 4 heterocycles. The van der Waals surface area contributed by atoms with Crippen molar-refractivity contribution >= 4 is 10.9 Å². The number of aliphatic hydroxyl groups excluding tert-OH is 5. The molecule has 3 aromatic rings. The van der Waals surface area contributed by atoms with Gasteiger partial charge >= 0.3 is 0 Å². The molecule has 0 radical (unpaired) electrons. The van der Waals surface area contributed by atoms with E-state index >= 15 is 0 Å². The fraction of sp³-hybridized carbons (Fsp3) is 0.440. The van der Waals surface area contributed by atoms with E-state index < -0.39 is 55.2 Å². The molecule has 35 heavy (non-hydrogen) atoms. The first kappa shape index (κ1) is 24.0. The third-order valence-corrected chi connectivity index (χ3v) is 6.91. The molecule has 10 heteroatoms. The highest BCUT2D eigenvalue weighted by Gasteiger charge is 2.45. The third kappa shape index (κ3) is 3.78. The maximum absolute atomic E-state index is 13.4. The fourth-order valence-corrected chi connectivity index (χ4v) is 4.90. The summed E-state index contributed by atoms with van der Waals surface area (Å²) in [4.78, 5) is 18.1. The summed E-state index contributed by atoms with van der Waals surface area (Å²) in [5.41, 5.74) is 2.67. The van der Waals surface area contributed by atoms with Gasteiger partial charge in [0.25, 0.3) is 5.56 Å². The number of para-hydroxylation sites is 1. The highest BCUT2D eigenvalue weighted by Crippen LogP contribution is 2.40. The molecule has 1 fully saturated rings. The Balaban J connectivity index is 1.56. The van der Waals surface area contributed by atoms with Crippen molar-refractivity contribution in [2.45, 2.75) is 63.3 Å². The number of hydrogen-bond donors (Lipinski definition) is 5. The fourth-order valence-electron chi connectivity index (χ4n) is 4.90. The third-order valence-electron chi connectivity index (χ3n) is 6.91. The number of aromatic nitrogens is 2. The van der Waals surface area contributed by atoms with Crippen LogP contribution < -0.4 is 5.56 Å². The van der Waals surface area contributed by atoms with Crippen molar-refractivity contribution in [1.82, 2.24) is 9.55 Å². The molecular weight excluding hydrogens is 456 g/mol. The zero-order chi connectivity index (χ0) is 25.0. The summed E-state index contributed by atoms with van der Waals surface area (Å²) >= 11 is 0. The van der Waals surface area contributed by atoms with Crippen molar-refractivity contribution in [2.75, 3.05) is 6.61 Å². The molecule has 7 atom stereocenters. The maximum atomic E-state index is 13.4. The van der Waals surface area contributed by atoms with E-state index in [9.17, 15) is 30.3 Å². The zero-order valence-corrected chi connectivity index (χ0v) is 19.3. The molecule has 186 valence electrons. The minimum absolute atomic E-state index is 0.349. The summed E-state index contributed by atoms with van der Waals surface area (Å²) in [6, 6.07) is 11.1. The SMILES string of the molecule is CCC(OC1OC(CO)C(O)C(O)C1O)c1cc2n(c(=O)c1C)C(O)c1cc3ccccc3nc1-2. The van der Waals surface area contributed by atoms with Gasteiger partial charge in [-0.05, 0) is 37.1 Å². The van der Waals surface area contributed by atoms with Crippen molar-refractivity contribution in [2.24, 2.45) is 0 Å². The van der Waals surface area contributed by atoms with E-state index in [4.69, 9.17) is 14.5 Å². The van der Waals surface area contributed by atoms with Gasteiger partial charge in [0.05, 0.1) is 29.6 Å². The van der Waals surface area contributed by atoms with Gasteiger partial charge in [0.1, 0.15) is 24.4 Å². The van der Waals surface area contributed by atoms with Gasteiger partial charge in [-0.2, -0.15) is 0 Å². The number of rotatable bonds is 5. The average molecular weight is 485 g/mol. The van der Waals surface area contributed by atoms with Crippen LogP contribution in [0.3, 0.4) is 0 Å². The Kier molecular flexibility index (Phi) is 6.22. The Labute approximate surface area is 200 Å². The van der Waals surface area contributed by atoms with Gasteiger partial charge in [0.2, 0.25) is 0 Å². The number of pyridine rings is 2. The normalized spacial score (nSPS) is 28.7. The monoisotopic (exact) mass is 484 g/mol. The second kappa shape index (κ2) is 9.07. The topological polar surface area (TPSA) is 154 Å². The smallest absolute Gasteiger partial charge is 0.256 e. The molecule has 5 rings (SSSR count). The minimum atomic E-state index is -1.57. The quantitative estimate of drug-likeness (QED) is 0.348. The standard InChI is InChI=1S/C25H28N2O8/c1-3-17(34-25-22(31)21(30)20(29)18(10-28)35-25)13-9-16-19-14(24(33)27(16)23(32)11(13)2)8-12-6-4-5-7-15(12)26-19/h4-9,17-18,20-22,24-25,28-31,33H,3,10H2,1-2H3. The first-order chi connectivity index (χ1) is 16.8. The number of aliphatic hydroxyl groups is 5. The Morgan fingerprint density at radius 3 is 2.57 bits per heavy atom. The van der Waals surface area contributed by atoms with Gasteiger partial charge in [0.15, 0.2) is 12.5 Å². The zero-order valence-electron chi connectivity index (χ0n) is 19.3. The Morgan fingerprint density at radius 2 is 1.86 bits per heavy atom. The molecule has 0 aliphatic carbocycles. The van der Waals surface area contributed by atoms with Crippen LogP contribution in [-0.4, -0.2) is 72.4 Å². The van der Waals surface area contributed by atoms with E-state index in [1.807, 2.05) is 37.3 Å². The van der Waals surface area contributed by atoms with E-state index in [0.717, 1.165) is 10.9 Å². The van der Waals surface area contributed by atoms with Crippen molar-refractivity contribution < 1.29 is 35.0 Å². The summed E-state index contributed by atoms with van der Waals surface area (Å²) < 4.78 is 12.8. The van der Waals surface area contributed by atoms with Crippen LogP contribution in [-0.2, 0) is 9.47 Å². The predicted octanol–water partition coefficient (Wildman–Crippen LogP) is 0.492. The Morgan fingerprint density at radius 1 is 1.11 bits per heavy atom. The first-order valence-corrected chi connectivity index (χ1v) is 11.6. The molecule has 1 saturated heterocycles. The molecule has 0 spiro atoms. The predicted molar refractivity (Wildman–Crippen MR) is 124 cm³/mol. The molecule has 2 aliphatic heterocycles. The molecule has 10 nitrogen and oxygen atoms in total.